The van der Waals surface area contributed by atoms with E-state index >= 15 is 0 Å². The lowest BCUT2D eigenvalue weighted by Crippen LogP contribution is -2.29. The molecule has 2 heterocycles. The van der Waals surface area contributed by atoms with E-state index in [1.165, 1.54) is 17.9 Å². The number of carbonyl (C=O) groups is 1. The molecule has 1 atom stereocenters. The van der Waals surface area contributed by atoms with Crippen molar-refractivity contribution in [3.05, 3.63) is 51.2 Å². The van der Waals surface area contributed by atoms with E-state index in [9.17, 15) is 14.9 Å². The average Bonchev–Trinajstić information content (AvgIpc) is 3.00. The summed E-state index contributed by atoms with van der Waals surface area (Å²) in [6.45, 7) is 1.66. The van der Waals surface area contributed by atoms with E-state index in [1.54, 1.807) is 25.1 Å². The molecule has 0 bridgehead atoms. The number of fused-ring (bicyclic) bond motifs is 1. The van der Waals surface area contributed by atoms with Gasteiger partial charge in [0.05, 0.1) is 23.2 Å². The van der Waals surface area contributed by atoms with Gasteiger partial charge in [-0.2, -0.15) is 4.68 Å². The predicted octanol–water partition coefficient (Wildman–Crippen LogP) is 1.04. The third-order valence-electron chi connectivity index (χ3n) is 3.55. The van der Waals surface area contributed by atoms with Gasteiger partial charge in [0.25, 0.3) is 5.69 Å². The Labute approximate surface area is 129 Å². The van der Waals surface area contributed by atoms with Gasteiger partial charge in [-0.1, -0.05) is 17.2 Å². The zero-order valence-electron chi connectivity index (χ0n) is 12.3. The predicted molar refractivity (Wildman–Crippen MR) is 77.4 cm³/mol. The van der Waals surface area contributed by atoms with Crippen molar-refractivity contribution < 1.29 is 14.5 Å². The number of nitro groups is 1. The summed E-state index contributed by atoms with van der Waals surface area (Å²) in [5.41, 5.74) is 0.853. The van der Waals surface area contributed by atoms with Crippen molar-refractivity contribution in [2.75, 3.05) is 12.4 Å². The van der Waals surface area contributed by atoms with Crippen molar-refractivity contribution in [2.24, 2.45) is 0 Å². The Morgan fingerprint density at radius 3 is 2.87 bits per heavy atom. The lowest BCUT2D eigenvalue weighted by molar-refractivity contribution is -0.385. The molecule has 0 aliphatic carbocycles. The fourth-order valence-corrected chi connectivity index (χ4v) is 2.56. The minimum absolute atomic E-state index is 0.130. The smallest absolute Gasteiger partial charge is 0.338 e. The molecular weight excluding hydrogens is 304 g/mol. The fraction of sp³-hybridized carbons (Fsp3) is 0.231. The number of hydrogen-bond acceptors (Lipinski definition) is 8. The van der Waals surface area contributed by atoms with Crippen LogP contribution in [0.15, 0.2) is 35.5 Å². The van der Waals surface area contributed by atoms with Crippen LogP contribution in [0, 0.1) is 10.1 Å². The molecule has 1 aromatic heterocycles. The van der Waals surface area contributed by atoms with Crippen LogP contribution in [-0.2, 0) is 9.53 Å². The standard InChI is InChI=1S/C13H12N6O4/c1-7-10(12(20)23-2)11(18-13(14-7)15-16-17-18)8-5-3-4-6-9(8)19(21)22/h3-6,11H,1-2H3,(H,14,15,17)/t11-/m1/s1. The minimum Gasteiger partial charge on any atom is -0.466 e. The number of anilines is 1. The maximum absolute atomic E-state index is 12.2. The molecule has 118 valence electrons. The van der Waals surface area contributed by atoms with Crippen molar-refractivity contribution in [2.45, 2.75) is 13.0 Å². The number of aromatic nitrogens is 4. The molecule has 1 N–H and O–H groups in total. The minimum atomic E-state index is -0.852. The highest BCUT2D eigenvalue weighted by molar-refractivity contribution is 5.92. The molecule has 3 rings (SSSR count). The molecule has 0 saturated heterocycles. The van der Waals surface area contributed by atoms with E-state index in [4.69, 9.17) is 4.74 Å². The summed E-state index contributed by atoms with van der Waals surface area (Å²) in [6, 6.07) is 5.28. The molecular formula is C13H12N6O4. The van der Waals surface area contributed by atoms with Gasteiger partial charge in [0.15, 0.2) is 0 Å². The first-order valence-electron chi connectivity index (χ1n) is 6.62. The van der Waals surface area contributed by atoms with E-state index in [-0.39, 0.29) is 11.3 Å². The second-order valence-corrected chi connectivity index (χ2v) is 4.82. The lowest BCUT2D eigenvalue weighted by atomic mass is 9.94. The first kappa shape index (κ1) is 14.6. The molecule has 0 spiro atoms. The van der Waals surface area contributed by atoms with Crippen LogP contribution in [0.4, 0.5) is 11.6 Å². The third-order valence-corrected chi connectivity index (χ3v) is 3.55. The van der Waals surface area contributed by atoms with Gasteiger partial charge in [0.2, 0.25) is 5.95 Å². The molecule has 0 amide bonds. The number of tetrazole rings is 1. The highest BCUT2D eigenvalue weighted by atomic mass is 16.6. The Balaban J connectivity index is 2.26. The van der Waals surface area contributed by atoms with Crippen molar-refractivity contribution in [1.29, 1.82) is 0 Å². The number of hydrogen-bond donors (Lipinski definition) is 1. The number of benzene rings is 1. The molecule has 0 fully saturated rings. The highest BCUT2D eigenvalue weighted by Crippen LogP contribution is 2.38. The second-order valence-electron chi connectivity index (χ2n) is 4.82. The number of methoxy groups -OCH3 is 1. The SMILES string of the molecule is COC(=O)C1=C(C)Nc2nnnn2[C@@H]1c1ccccc1[N+](=O)[O-]. The van der Waals surface area contributed by atoms with Crippen molar-refractivity contribution in [3.63, 3.8) is 0 Å². The fourth-order valence-electron chi connectivity index (χ4n) is 2.56. The van der Waals surface area contributed by atoms with Crippen LogP contribution in [0.2, 0.25) is 0 Å². The zero-order chi connectivity index (χ0) is 16.6. The Morgan fingerprint density at radius 1 is 1.43 bits per heavy atom. The lowest BCUT2D eigenvalue weighted by Gasteiger charge is -2.26. The molecule has 1 aliphatic heterocycles. The molecule has 2 aromatic rings. The van der Waals surface area contributed by atoms with Crippen LogP contribution in [0.1, 0.15) is 18.5 Å². The monoisotopic (exact) mass is 316 g/mol. The van der Waals surface area contributed by atoms with Crippen LogP contribution < -0.4 is 5.32 Å². The molecule has 0 saturated carbocycles. The first-order chi connectivity index (χ1) is 11.0. The van der Waals surface area contributed by atoms with Gasteiger partial charge >= 0.3 is 5.97 Å². The average molecular weight is 316 g/mol. The number of nitrogens with one attached hydrogen (secondary N) is 1. The summed E-state index contributed by atoms with van der Waals surface area (Å²) in [5, 5.41) is 25.4. The van der Waals surface area contributed by atoms with Crippen LogP contribution in [0.5, 0.6) is 0 Å². The summed E-state index contributed by atoms with van der Waals surface area (Å²) in [6.07, 6.45) is 0. The largest absolute Gasteiger partial charge is 0.466 e. The van der Waals surface area contributed by atoms with Gasteiger partial charge in [-0.25, -0.2) is 4.79 Å². The summed E-state index contributed by atoms with van der Waals surface area (Å²) < 4.78 is 6.14. The number of carbonyl (C=O) groups excluding carboxylic acids is 1. The number of para-hydroxylation sites is 1. The number of nitro benzene ring substituents is 1. The second kappa shape index (κ2) is 5.48. The molecule has 1 aromatic carbocycles. The van der Waals surface area contributed by atoms with Crippen molar-refractivity contribution >= 4 is 17.6 Å². The van der Waals surface area contributed by atoms with Gasteiger partial charge in [-0.3, -0.25) is 10.1 Å². The van der Waals surface area contributed by atoms with Crippen LogP contribution in [0.25, 0.3) is 0 Å². The summed E-state index contributed by atoms with van der Waals surface area (Å²) in [7, 11) is 1.24. The van der Waals surface area contributed by atoms with Crippen molar-refractivity contribution in [1.82, 2.24) is 20.2 Å². The van der Waals surface area contributed by atoms with Gasteiger partial charge in [-0.05, 0) is 23.4 Å². The Bertz CT molecular complexity index is 827. The van der Waals surface area contributed by atoms with E-state index in [1.807, 2.05) is 0 Å². The zero-order valence-corrected chi connectivity index (χ0v) is 12.3. The van der Waals surface area contributed by atoms with Gasteiger partial charge < -0.3 is 10.1 Å². The molecule has 1 aliphatic rings. The molecule has 10 heteroatoms. The van der Waals surface area contributed by atoms with E-state index in [0.717, 1.165) is 0 Å². The first-order valence-corrected chi connectivity index (χ1v) is 6.62. The highest BCUT2D eigenvalue weighted by Gasteiger charge is 2.37. The van der Waals surface area contributed by atoms with Gasteiger partial charge in [0.1, 0.15) is 6.04 Å². The van der Waals surface area contributed by atoms with Crippen LogP contribution in [-0.4, -0.2) is 38.2 Å². The topological polar surface area (TPSA) is 125 Å². The number of ether oxygens (including phenoxy) is 1. The molecule has 0 radical (unpaired) electrons. The van der Waals surface area contributed by atoms with E-state index in [2.05, 4.69) is 20.8 Å². The van der Waals surface area contributed by atoms with Crippen LogP contribution in [0.3, 0.4) is 0 Å². The Morgan fingerprint density at radius 2 is 2.17 bits per heavy atom. The maximum Gasteiger partial charge on any atom is 0.338 e. The Kier molecular flexibility index (Phi) is 3.48. The summed E-state index contributed by atoms with van der Waals surface area (Å²) in [5.74, 6) is -0.322. The normalized spacial score (nSPS) is 16.5. The maximum atomic E-state index is 12.2. The number of nitrogens with zero attached hydrogens (tertiary/aromatic N) is 5. The van der Waals surface area contributed by atoms with Crippen molar-refractivity contribution in [3.8, 4) is 0 Å². The Hall–Kier alpha value is -3.30. The van der Waals surface area contributed by atoms with Crippen LogP contribution >= 0.6 is 0 Å². The quantitative estimate of drug-likeness (QED) is 0.506. The number of allylic oxidation sites excluding steroid dienone is 1. The third kappa shape index (κ3) is 2.29. The summed E-state index contributed by atoms with van der Waals surface area (Å²) in [4.78, 5) is 23.0. The van der Waals surface area contributed by atoms with Gasteiger partial charge in [-0.15, -0.1) is 0 Å². The number of rotatable bonds is 3. The molecule has 23 heavy (non-hydrogen) atoms. The summed E-state index contributed by atoms with van der Waals surface area (Å²) >= 11 is 0. The molecule has 10 nitrogen and oxygen atoms in total. The number of esters is 1. The van der Waals surface area contributed by atoms with E-state index < -0.39 is 16.9 Å². The van der Waals surface area contributed by atoms with E-state index in [0.29, 0.717) is 17.2 Å². The van der Waals surface area contributed by atoms with Gasteiger partial charge in [0, 0.05) is 11.8 Å². The molecule has 0 unspecified atom stereocenters.